The summed E-state index contributed by atoms with van der Waals surface area (Å²) >= 11 is 0. The quantitative estimate of drug-likeness (QED) is 0.728. The second-order valence-corrected chi connectivity index (χ2v) is 7.74. The van der Waals surface area contributed by atoms with Gasteiger partial charge in [0.1, 0.15) is 0 Å². The molecule has 0 heterocycles. The highest BCUT2D eigenvalue weighted by atomic mass is 16.4. The molecule has 2 amide bonds. The number of carboxylic acids is 1. The molecule has 0 spiro atoms. The molecule has 4 saturated carbocycles. The van der Waals surface area contributed by atoms with Crippen molar-refractivity contribution >= 4 is 12.0 Å². The molecule has 4 rings (SSSR count). The third kappa shape index (κ3) is 3.33. The zero-order valence-electron chi connectivity index (χ0n) is 12.7. The minimum Gasteiger partial charge on any atom is -0.481 e. The summed E-state index contributed by atoms with van der Waals surface area (Å²) in [5.74, 6) is 1.57. The van der Waals surface area contributed by atoms with Crippen molar-refractivity contribution in [3.05, 3.63) is 0 Å². The number of carbonyl (C=O) groups is 2. The fourth-order valence-corrected chi connectivity index (χ4v) is 5.19. The van der Waals surface area contributed by atoms with Gasteiger partial charge in [0, 0.05) is 18.5 Å². The van der Waals surface area contributed by atoms with Crippen molar-refractivity contribution in [2.45, 2.75) is 57.4 Å². The van der Waals surface area contributed by atoms with Crippen LogP contribution in [0.1, 0.15) is 51.9 Å². The van der Waals surface area contributed by atoms with Gasteiger partial charge in [-0.05, 0) is 62.2 Å². The molecule has 4 fully saturated rings. The summed E-state index contributed by atoms with van der Waals surface area (Å²) in [6, 6.07) is -0.116. The first-order valence-electron chi connectivity index (χ1n) is 8.22. The molecule has 0 aromatic rings. The summed E-state index contributed by atoms with van der Waals surface area (Å²) in [6.45, 7) is 2.27. The number of amides is 2. The van der Waals surface area contributed by atoms with Gasteiger partial charge in [-0.25, -0.2) is 4.79 Å². The molecule has 0 aliphatic heterocycles. The summed E-state index contributed by atoms with van der Waals surface area (Å²) in [7, 11) is 0. The second kappa shape index (κ2) is 5.50. The Morgan fingerprint density at radius 3 is 2.14 bits per heavy atom. The average molecular weight is 294 g/mol. The predicted octanol–water partition coefficient (Wildman–Crippen LogP) is 2.37. The zero-order valence-corrected chi connectivity index (χ0v) is 12.7. The van der Waals surface area contributed by atoms with Gasteiger partial charge in [-0.3, -0.25) is 4.79 Å². The molecule has 5 nitrogen and oxygen atoms in total. The highest BCUT2D eigenvalue weighted by Gasteiger charge is 2.51. The van der Waals surface area contributed by atoms with Crippen LogP contribution in [-0.2, 0) is 4.79 Å². The van der Waals surface area contributed by atoms with Crippen molar-refractivity contribution in [3.8, 4) is 0 Å². The molecule has 118 valence electrons. The van der Waals surface area contributed by atoms with Crippen LogP contribution in [0.2, 0.25) is 0 Å². The number of urea groups is 1. The van der Waals surface area contributed by atoms with Gasteiger partial charge in [-0.15, -0.1) is 0 Å². The smallest absolute Gasteiger partial charge is 0.315 e. The van der Waals surface area contributed by atoms with Crippen molar-refractivity contribution in [1.29, 1.82) is 0 Å². The molecule has 5 heteroatoms. The Bertz CT molecular complexity index is 400. The van der Waals surface area contributed by atoms with Crippen LogP contribution in [-0.4, -0.2) is 29.2 Å². The van der Waals surface area contributed by atoms with E-state index in [9.17, 15) is 9.59 Å². The van der Waals surface area contributed by atoms with Crippen LogP contribution in [0.4, 0.5) is 4.79 Å². The molecule has 1 unspecified atom stereocenters. The highest BCUT2D eigenvalue weighted by molar-refractivity contribution is 5.75. The lowest BCUT2D eigenvalue weighted by molar-refractivity contribution is -0.137. The molecule has 4 aliphatic carbocycles. The number of carboxylic acid groups (broad SMARTS) is 1. The molecule has 4 aliphatic rings. The first-order valence-corrected chi connectivity index (χ1v) is 8.22. The Morgan fingerprint density at radius 2 is 1.67 bits per heavy atom. The Labute approximate surface area is 125 Å². The van der Waals surface area contributed by atoms with Crippen LogP contribution in [0.3, 0.4) is 0 Å². The largest absolute Gasteiger partial charge is 0.481 e. The summed E-state index contributed by atoms with van der Waals surface area (Å²) in [6.07, 6.45) is 7.58. The van der Waals surface area contributed by atoms with Crippen molar-refractivity contribution < 1.29 is 14.7 Å². The van der Waals surface area contributed by atoms with E-state index in [1.54, 1.807) is 0 Å². The average Bonchev–Trinajstić information content (AvgIpc) is 2.33. The number of nitrogens with one attached hydrogen (secondary N) is 2. The monoisotopic (exact) mass is 294 g/mol. The lowest BCUT2D eigenvalue weighted by Gasteiger charge is -2.56. The molecule has 1 atom stereocenters. The van der Waals surface area contributed by atoms with Crippen LogP contribution in [0.25, 0.3) is 0 Å². The summed E-state index contributed by atoms with van der Waals surface area (Å²) in [4.78, 5) is 22.8. The Balaban J connectivity index is 1.50. The maximum absolute atomic E-state index is 12.1. The SMILES string of the molecule is CC(CNC(=O)NC12CC3CC(CC(C3)C1)C2)CC(=O)O. The van der Waals surface area contributed by atoms with Crippen LogP contribution in [0.15, 0.2) is 0 Å². The van der Waals surface area contributed by atoms with Gasteiger partial charge in [-0.2, -0.15) is 0 Å². The van der Waals surface area contributed by atoms with Crippen LogP contribution < -0.4 is 10.6 Å². The van der Waals surface area contributed by atoms with Gasteiger partial charge in [0.25, 0.3) is 0 Å². The highest BCUT2D eigenvalue weighted by Crippen LogP contribution is 2.55. The summed E-state index contributed by atoms with van der Waals surface area (Å²) in [5, 5.41) is 14.8. The molecule has 4 bridgehead atoms. The Kier molecular flexibility index (Phi) is 3.84. The van der Waals surface area contributed by atoms with E-state index in [0.29, 0.717) is 6.54 Å². The standard InChI is InChI=1S/C16H26N2O3/c1-10(2-14(19)20)9-17-15(21)18-16-6-11-3-12(7-16)5-13(4-11)8-16/h10-13H,2-9H2,1H3,(H,19,20)(H2,17,18,21). The van der Waals surface area contributed by atoms with Crippen LogP contribution >= 0.6 is 0 Å². The van der Waals surface area contributed by atoms with Gasteiger partial charge in [0.05, 0.1) is 0 Å². The van der Waals surface area contributed by atoms with Crippen LogP contribution in [0.5, 0.6) is 0 Å². The fourth-order valence-electron chi connectivity index (χ4n) is 5.19. The second-order valence-electron chi connectivity index (χ2n) is 7.74. The Morgan fingerprint density at radius 1 is 1.14 bits per heavy atom. The lowest BCUT2D eigenvalue weighted by atomic mass is 9.53. The topological polar surface area (TPSA) is 78.4 Å². The zero-order chi connectivity index (χ0) is 15.0. The third-order valence-electron chi connectivity index (χ3n) is 5.55. The minimum absolute atomic E-state index is 0.0227. The van der Waals surface area contributed by atoms with Gasteiger partial charge >= 0.3 is 12.0 Å². The van der Waals surface area contributed by atoms with E-state index in [1.165, 1.54) is 19.3 Å². The van der Waals surface area contributed by atoms with E-state index in [4.69, 9.17) is 5.11 Å². The molecule has 0 radical (unpaired) electrons. The van der Waals surface area contributed by atoms with Crippen LogP contribution in [0, 0.1) is 23.7 Å². The number of rotatable bonds is 5. The molecule has 0 aromatic carbocycles. The maximum Gasteiger partial charge on any atom is 0.315 e. The van der Waals surface area contributed by atoms with E-state index in [1.807, 2.05) is 6.92 Å². The van der Waals surface area contributed by atoms with Gasteiger partial charge in [0.15, 0.2) is 0 Å². The molecular formula is C16H26N2O3. The summed E-state index contributed by atoms with van der Waals surface area (Å²) in [5.41, 5.74) is 0.0227. The normalized spacial score (nSPS) is 38.0. The lowest BCUT2D eigenvalue weighted by Crippen LogP contribution is -2.61. The Hall–Kier alpha value is -1.26. The number of hydrogen-bond donors (Lipinski definition) is 3. The van der Waals surface area contributed by atoms with Crippen molar-refractivity contribution in [3.63, 3.8) is 0 Å². The van der Waals surface area contributed by atoms with Gasteiger partial charge in [-0.1, -0.05) is 6.92 Å². The molecule has 21 heavy (non-hydrogen) atoms. The predicted molar refractivity (Wildman–Crippen MR) is 78.9 cm³/mol. The van der Waals surface area contributed by atoms with Gasteiger partial charge in [0.2, 0.25) is 0 Å². The maximum atomic E-state index is 12.1. The fraction of sp³-hybridized carbons (Fsp3) is 0.875. The van der Waals surface area contributed by atoms with Crippen molar-refractivity contribution in [1.82, 2.24) is 10.6 Å². The van der Waals surface area contributed by atoms with E-state index in [0.717, 1.165) is 37.0 Å². The van der Waals surface area contributed by atoms with Crippen molar-refractivity contribution in [2.24, 2.45) is 23.7 Å². The number of aliphatic carboxylic acids is 1. The molecule has 0 saturated heterocycles. The van der Waals surface area contributed by atoms with Crippen molar-refractivity contribution in [2.75, 3.05) is 6.54 Å². The van der Waals surface area contributed by atoms with E-state index >= 15 is 0 Å². The first kappa shape index (κ1) is 14.7. The van der Waals surface area contributed by atoms with E-state index < -0.39 is 5.97 Å². The van der Waals surface area contributed by atoms with E-state index in [2.05, 4.69) is 10.6 Å². The number of carbonyl (C=O) groups excluding carboxylic acids is 1. The van der Waals surface area contributed by atoms with E-state index in [-0.39, 0.29) is 23.9 Å². The van der Waals surface area contributed by atoms with Gasteiger partial charge < -0.3 is 15.7 Å². The summed E-state index contributed by atoms with van der Waals surface area (Å²) < 4.78 is 0. The third-order valence-corrected chi connectivity index (χ3v) is 5.55. The molecule has 3 N–H and O–H groups in total. The first-order chi connectivity index (χ1) is 9.94. The number of hydrogen-bond acceptors (Lipinski definition) is 2. The minimum atomic E-state index is -0.814. The molecular weight excluding hydrogens is 268 g/mol. The molecule has 0 aromatic heterocycles.